The topological polar surface area (TPSA) is 0 Å². The average Bonchev–Trinajstić information content (AvgIpc) is 2.15. The van der Waals surface area contributed by atoms with Crippen LogP contribution in [-0.2, 0) is 0 Å². The highest BCUT2D eigenvalue weighted by Gasteiger charge is 1.83. The van der Waals surface area contributed by atoms with Crippen molar-refractivity contribution < 1.29 is 0 Å². The van der Waals surface area contributed by atoms with Gasteiger partial charge in [-0.25, -0.2) is 0 Å². The lowest BCUT2D eigenvalue weighted by molar-refractivity contribution is 1.46. The van der Waals surface area contributed by atoms with Crippen molar-refractivity contribution in [3.05, 3.63) is 35.4 Å². The van der Waals surface area contributed by atoms with E-state index in [1.165, 1.54) is 5.56 Å². The van der Waals surface area contributed by atoms with Crippen molar-refractivity contribution in [3.8, 4) is 36.0 Å². The van der Waals surface area contributed by atoms with Gasteiger partial charge in [0.05, 0.1) is 0 Å². The molecule has 0 heteroatoms. The van der Waals surface area contributed by atoms with E-state index in [0.29, 0.717) is 0 Å². The van der Waals surface area contributed by atoms with Crippen LogP contribution >= 0.6 is 0 Å². The number of benzene rings is 1. The van der Waals surface area contributed by atoms with Gasteiger partial charge in [-0.15, -0.1) is 6.42 Å². The van der Waals surface area contributed by atoms with Gasteiger partial charge in [-0.3, -0.25) is 0 Å². The van der Waals surface area contributed by atoms with E-state index in [-0.39, 0.29) is 0 Å². The minimum Gasteiger partial charge on any atom is -0.106 e. The normalized spacial score (nSPS) is 7.08. The van der Waals surface area contributed by atoms with Gasteiger partial charge in [0.25, 0.3) is 0 Å². The fourth-order valence-corrected chi connectivity index (χ4v) is 0.808. The van der Waals surface area contributed by atoms with Crippen LogP contribution in [0.5, 0.6) is 0 Å². The Balaban J connectivity index is 2.80. The molecule has 0 radical (unpaired) electrons. The zero-order chi connectivity index (χ0) is 9.52. The molecule has 0 N–H and O–H groups in total. The maximum Gasteiger partial charge on any atom is 0.0255 e. The first-order chi connectivity index (χ1) is 6.33. The molecule has 0 aliphatic heterocycles. The third-order valence-corrected chi connectivity index (χ3v) is 1.46. The van der Waals surface area contributed by atoms with Gasteiger partial charge in [0.2, 0.25) is 0 Å². The first-order valence-corrected chi connectivity index (χ1v) is 3.86. The number of hydrogen-bond donors (Lipinski definition) is 0. The molecule has 1 aromatic carbocycles. The summed E-state index contributed by atoms with van der Waals surface area (Å²) >= 11 is 0. The molecule has 0 aliphatic carbocycles. The highest BCUT2D eigenvalue weighted by molar-refractivity contribution is 5.42. The summed E-state index contributed by atoms with van der Waals surface area (Å²) in [5.74, 6) is 12.7. The summed E-state index contributed by atoms with van der Waals surface area (Å²) in [6, 6.07) is 7.94. The fraction of sp³-hybridized carbons (Fsp3) is 0.0769. The van der Waals surface area contributed by atoms with E-state index < -0.39 is 0 Å². The third-order valence-electron chi connectivity index (χ3n) is 1.46. The second kappa shape index (κ2) is 4.71. The zero-order valence-electron chi connectivity index (χ0n) is 7.39. The van der Waals surface area contributed by atoms with Gasteiger partial charge in [-0.1, -0.05) is 23.6 Å². The molecule has 13 heavy (non-hydrogen) atoms. The predicted octanol–water partition coefficient (Wildman–Crippen LogP) is 1.98. The molecular weight excluding hydrogens is 156 g/mol. The fourth-order valence-electron chi connectivity index (χ4n) is 0.808. The summed E-state index contributed by atoms with van der Waals surface area (Å²) < 4.78 is 0. The monoisotopic (exact) mass is 164 g/mol. The summed E-state index contributed by atoms with van der Waals surface area (Å²) in [6.45, 7) is 2.04. The van der Waals surface area contributed by atoms with E-state index in [1.807, 2.05) is 31.2 Å². The van der Waals surface area contributed by atoms with Gasteiger partial charge < -0.3 is 0 Å². The van der Waals surface area contributed by atoms with Crippen molar-refractivity contribution in [3.63, 3.8) is 0 Å². The lowest BCUT2D eigenvalue weighted by Crippen LogP contribution is -1.74. The Morgan fingerprint density at radius 1 is 1.00 bits per heavy atom. The van der Waals surface area contributed by atoms with Crippen LogP contribution in [0.1, 0.15) is 11.1 Å². The van der Waals surface area contributed by atoms with Gasteiger partial charge in [0, 0.05) is 5.56 Å². The summed E-state index contributed by atoms with van der Waals surface area (Å²) in [4.78, 5) is 0. The van der Waals surface area contributed by atoms with Crippen LogP contribution in [0.15, 0.2) is 24.3 Å². The van der Waals surface area contributed by atoms with Crippen molar-refractivity contribution in [1.82, 2.24) is 0 Å². The van der Waals surface area contributed by atoms with Crippen molar-refractivity contribution in [2.45, 2.75) is 6.92 Å². The first kappa shape index (κ1) is 8.99. The lowest BCUT2D eigenvalue weighted by atomic mass is 10.2. The Morgan fingerprint density at radius 3 is 2.31 bits per heavy atom. The van der Waals surface area contributed by atoms with E-state index in [0.717, 1.165) is 5.56 Å². The summed E-state index contributed by atoms with van der Waals surface area (Å²) in [5.41, 5.74) is 2.18. The van der Waals surface area contributed by atoms with Gasteiger partial charge in [0.1, 0.15) is 0 Å². The lowest BCUT2D eigenvalue weighted by Gasteiger charge is -1.89. The maximum atomic E-state index is 4.94. The van der Waals surface area contributed by atoms with Crippen molar-refractivity contribution in [1.29, 1.82) is 0 Å². The van der Waals surface area contributed by atoms with Crippen molar-refractivity contribution >= 4 is 0 Å². The molecule has 1 aromatic rings. The summed E-state index contributed by atoms with van der Waals surface area (Å²) in [7, 11) is 0. The summed E-state index contributed by atoms with van der Waals surface area (Å²) in [6.07, 6.45) is 4.94. The molecule has 0 saturated carbocycles. The van der Waals surface area contributed by atoms with E-state index in [9.17, 15) is 0 Å². The van der Waals surface area contributed by atoms with Gasteiger partial charge in [-0.05, 0) is 42.7 Å². The molecule has 0 spiro atoms. The number of terminal acetylenes is 1. The minimum atomic E-state index is 0.955. The van der Waals surface area contributed by atoms with Crippen LogP contribution in [0.25, 0.3) is 0 Å². The van der Waals surface area contributed by atoms with Crippen LogP contribution in [-0.4, -0.2) is 0 Å². The Labute approximate surface area is 79.0 Å². The van der Waals surface area contributed by atoms with E-state index in [2.05, 4.69) is 29.6 Å². The number of aryl methyl sites for hydroxylation is 1. The molecule has 0 unspecified atom stereocenters. The van der Waals surface area contributed by atoms with Crippen LogP contribution in [0, 0.1) is 42.9 Å². The molecule has 0 heterocycles. The van der Waals surface area contributed by atoms with Crippen LogP contribution in [0.3, 0.4) is 0 Å². The first-order valence-electron chi connectivity index (χ1n) is 3.86. The molecular formula is C13H8. The Morgan fingerprint density at radius 2 is 1.69 bits per heavy atom. The van der Waals surface area contributed by atoms with E-state index >= 15 is 0 Å². The summed E-state index contributed by atoms with van der Waals surface area (Å²) in [5, 5.41) is 0. The second-order valence-electron chi connectivity index (χ2n) is 2.51. The van der Waals surface area contributed by atoms with Gasteiger partial charge in [-0.2, -0.15) is 0 Å². The maximum absolute atomic E-state index is 4.94. The average molecular weight is 164 g/mol. The van der Waals surface area contributed by atoms with Crippen LogP contribution in [0.4, 0.5) is 0 Å². The third kappa shape index (κ3) is 3.20. The van der Waals surface area contributed by atoms with E-state index in [4.69, 9.17) is 6.42 Å². The Hall–Kier alpha value is -2.10. The number of rotatable bonds is 0. The van der Waals surface area contributed by atoms with Gasteiger partial charge >= 0.3 is 0 Å². The van der Waals surface area contributed by atoms with Crippen molar-refractivity contribution in [2.24, 2.45) is 0 Å². The zero-order valence-corrected chi connectivity index (χ0v) is 7.39. The number of hydrogen-bond acceptors (Lipinski definition) is 0. The van der Waals surface area contributed by atoms with Crippen molar-refractivity contribution in [2.75, 3.05) is 0 Å². The Bertz CT molecular complexity index is 433. The molecule has 0 fully saturated rings. The highest BCUT2D eigenvalue weighted by Crippen LogP contribution is 2.00. The van der Waals surface area contributed by atoms with Gasteiger partial charge in [0.15, 0.2) is 0 Å². The predicted molar refractivity (Wildman–Crippen MR) is 54.7 cm³/mol. The molecule has 0 atom stereocenters. The molecule has 0 nitrogen and oxygen atoms in total. The smallest absolute Gasteiger partial charge is 0.0255 e. The minimum absolute atomic E-state index is 0.955. The second-order valence-corrected chi connectivity index (χ2v) is 2.51. The molecule has 0 aliphatic rings. The Kier molecular flexibility index (Phi) is 3.26. The SMILES string of the molecule is C#CC#CC#Cc1ccc(C)cc1. The largest absolute Gasteiger partial charge is 0.106 e. The quantitative estimate of drug-likeness (QED) is 0.514. The molecule has 1 rings (SSSR count). The highest BCUT2D eigenvalue weighted by atomic mass is 13.9. The van der Waals surface area contributed by atoms with Crippen LogP contribution in [0.2, 0.25) is 0 Å². The molecule has 0 bridgehead atoms. The molecule has 0 amide bonds. The molecule has 0 saturated heterocycles. The standard InChI is InChI=1S/C13H8/c1-3-4-5-6-7-13-10-8-12(2)9-11-13/h1,8-11H,2H3. The van der Waals surface area contributed by atoms with Crippen LogP contribution < -0.4 is 0 Å². The molecule has 0 aromatic heterocycles. The molecule has 60 valence electrons. The van der Waals surface area contributed by atoms with E-state index in [1.54, 1.807) is 0 Å².